The van der Waals surface area contributed by atoms with E-state index in [9.17, 15) is 22.4 Å². The Morgan fingerprint density at radius 2 is 1.94 bits per heavy atom. The van der Waals surface area contributed by atoms with E-state index in [1.165, 1.54) is 0 Å². The molecule has 1 aliphatic heterocycles. The second-order valence-electron chi connectivity index (χ2n) is 3.16. The van der Waals surface area contributed by atoms with Crippen LogP contribution in [0.5, 0.6) is 5.75 Å². The maximum absolute atomic E-state index is 13.2. The summed E-state index contributed by atoms with van der Waals surface area (Å²) in [7, 11) is 0. The monoisotopic (exact) mass is 251 g/mol. The Morgan fingerprint density at radius 1 is 1.24 bits per heavy atom. The zero-order chi connectivity index (χ0) is 12.7. The van der Waals surface area contributed by atoms with E-state index < -0.39 is 23.7 Å². The van der Waals surface area contributed by atoms with Crippen LogP contribution in [-0.2, 0) is 15.6 Å². The second-order valence-corrected chi connectivity index (χ2v) is 3.16. The molecule has 4 nitrogen and oxygen atoms in total. The number of nitrogens with one attached hydrogen (secondary N) is 1. The third-order valence-corrected chi connectivity index (χ3v) is 1.99. The zero-order valence-corrected chi connectivity index (χ0v) is 8.05. The number of hydrogen-bond donors (Lipinski definition) is 1. The Morgan fingerprint density at radius 3 is 2.59 bits per heavy atom. The molecule has 0 aliphatic carbocycles. The summed E-state index contributed by atoms with van der Waals surface area (Å²) in [6.07, 6.45) is -8.33. The van der Waals surface area contributed by atoms with E-state index in [0.717, 1.165) is 18.2 Å². The van der Waals surface area contributed by atoms with Gasteiger partial charge in [-0.1, -0.05) is 0 Å². The van der Waals surface area contributed by atoms with E-state index in [1.807, 2.05) is 0 Å². The van der Waals surface area contributed by atoms with E-state index in [0.29, 0.717) is 0 Å². The van der Waals surface area contributed by atoms with Crippen LogP contribution in [-0.4, -0.2) is 12.7 Å². The molecule has 0 spiro atoms. The minimum Gasteiger partial charge on any atom is -0.409 e. The molecule has 0 unspecified atom stereocenters. The second kappa shape index (κ2) is 3.59. The van der Waals surface area contributed by atoms with E-state index >= 15 is 0 Å². The van der Waals surface area contributed by atoms with E-state index in [-0.39, 0.29) is 12.1 Å². The molecule has 1 heterocycles. The van der Waals surface area contributed by atoms with Crippen molar-refractivity contribution in [3.8, 4) is 5.75 Å². The van der Waals surface area contributed by atoms with Crippen LogP contribution >= 0.6 is 0 Å². The average molecular weight is 251 g/mol. The summed E-state index contributed by atoms with van der Waals surface area (Å²) >= 11 is 0. The number of fused-ring (bicyclic) bond motifs is 1. The van der Waals surface area contributed by atoms with Gasteiger partial charge in [-0.2, -0.15) is 8.78 Å². The van der Waals surface area contributed by atoms with Crippen molar-refractivity contribution < 1.29 is 31.8 Å². The first-order valence-electron chi connectivity index (χ1n) is 4.33. The van der Waals surface area contributed by atoms with Gasteiger partial charge in [0.05, 0.1) is 5.56 Å². The average Bonchev–Trinajstić information content (AvgIpc) is 2.17. The molecular weight excluding hydrogens is 246 g/mol. The van der Waals surface area contributed by atoms with Gasteiger partial charge in [-0.05, 0) is 18.2 Å². The number of amides is 1. The lowest BCUT2D eigenvalue weighted by molar-refractivity contribution is -0.461. The lowest BCUT2D eigenvalue weighted by atomic mass is 10.1. The van der Waals surface area contributed by atoms with Crippen molar-refractivity contribution in [1.82, 2.24) is 0 Å². The first kappa shape index (κ1) is 11.6. The standard InChI is InChI=1S/C9H5F4NO3/c10-8(11)6-3-5(14-4-15)1-2-7(6)16-9(12,13)17-8/h1-4H,(H,14,15). The Balaban J connectivity index is 2.47. The zero-order valence-electron chi connectivity index (χ0n) is 8.05. The number of halogens is 4. The van der Waals surface area contributed by atoms with Crippen molar-refractivity contribution in [2.24, 2.45) is 0 Å². The third kappa shape index (κ3) is 2.16. The Bertz CT molecular complexity index is 464. The highest BCUT2D eigenvalue weighted by molar-refractivity contribution is 5.72. The summed E-state index contributed by atoms with van der Waals surface area (Å²) in [6, 6.07) is 2.83. The van der Waals surface area contributed by atoms with Gasteiger partial charge in [-0.3, -0.25) is 4.79 Å². The van der Waals surface area contributed by atoms with E-state index in [1.54, 1.807) is 0 Å². The van der Waals surface area contributed by atoms with Crippen molar-refractivity contribution in [3.05, 3.63) is 23.8 Å². The van der Waals surface area contributed by atoms with Crippen molar-refractivity contribution in [3.63, 3.8) is 0 Å². The van der Waals surface area contributed by atoms with Gasteiger partial charge in [-0.25, -0.2) is 4.74 Å². The predicted octanol–water partition coefficient (Wildman–Crippen LogP) is 2.26. The number of rotatable bonds is 2. The maximum atomic E-state index is 13.2. The van der Waals surface area contributed by atoms with Crippen LogP contribution in [0.15, 0.2) is 18.2 Å². The molecule has 1 N–H and O–H groups in total. The Kier molecular flexibility index (Phi) is 2.46. The molecule has 0 atom stereocenters. The minimum absolute atomic E-state index is 0.0100. The van der Waals surface area contributed by atoms with Gasteiger partial charge in [0.25, 0.3) is 0 Å². The van der Waals surface area contributed by atoms with Crippen molar-refractivity contribution in [1.29, 1.82) is 0 Å². The number of hydrogen-bond acceptors (Lipinski definition) is 3. The summed E-state index contributed by atoms with van der Waals surface area (Å²) in [5.74, 6) is -0.706. The van der Waals surface area contributed by atoms with Crippen LogP contribution < -0.4 is 10.1 Å². The van der Waals surface area contributed by atoms with Crippen LogP contribution in [0.2, 0.25) is 0 Å². The van der Waals surface area contributed by atoms with Crippen LogP contribution in [0.25, 0.3) is 0 Å². The number of carbonyl (C=O) groups is 1. The molecule has 0 saturated carbocycles. The highest BCUT2D eigenvalue weighted by Gasteiger charge is 2.54. The smallest absolute Gasteiger partial charge is 0.409 e. The summed E-state index contributed by atoms with van der Waals surface area (Å²) in [5.41, 5.74) is -0.869. The summed E-state index contributed by atoms with van der Waals surface area (Å²) < 4.78 is 58.8. The minimum atomic E-state index is -4.39. The van der Waals surface area contributed by atoms with Crippen LogP contribution in [0, 0.1) is 0 Å². The van der Waals surface area contributed by atoms with E-state index in [2.05, 4.69) is 14.8 Å². The number of anilines is 1. The third-order valence-electron chi connectivity index (χ3n) is 1.99. The maximum Gasteiger partial charge on any atom is 0.540 e. The molecule has 0 bridgehead atoms. The normalized spacial score (nSPS) is 20.0. The largest absolute Gasteiger partial charge is 0.540 e. The van der Waals surface area contributed by atoms with Crippen molar-refractivity contribution in [2.75, 3.05) is 5.32 Å². The van der Waals surface area contributed by atoms with Gasteiger partial charge in [-0.15, -0.1) is 8.78 Å². The fourth-order valence-electron chi connectivity index (χ4n) is 1.36. The van der Waals surface area contributed by atoms with Crippen LogP contribution in [0.3, 0.4) is 0 Å². The number of carbonyl (C=O) groups excluding carboxylic acids is 1. The molecule has 0 fully saturated rings. The SMILES string of the molecule is O=CNc1ccc2c(c1)C(F)(F)OC(F)(F)O2. The first-order valence-corrected chi connectivity index (χ1v) is 4.33. The van der Waals surface area contributed by atoms with Crippen LogP contribution in [0.1, 0.15) is 5.56 Å². The highest BCUT2D eigenvalue weighted by Crippen LogP contribution is 2.46. The van der Waals surface area contributed by atoms with Gasteiger partial charge >= 0.3 is 12.4 Å². The molecule has 92 valence electrons. The lowest BCUT2D eigenvalue weighted by Gasteiger charge is -2.30. The first-order chi connectivity index (χ1) is 7.84. The van der Waals surface area contributed by atoms with E-state index in [4.69, 9.17) is 0 Å². The topological polar surface area (TPSA) is 47.6 Å². The summed E-state index contributed by atoms with van der Waals surface area (Å²) in [5, 5.41) is 2.10. The van der Waals surface area contributed by atoms with Gasteiger partial charge < -0.3 is 10.1 Å². The Hall–Kier alpha value is -1.83. The summed E-state index contributed by atoms with van der Waals surface area (Å²) in [6.45, 7) is 0. The Labute approximate surface area is 92.1 Å². The molecule has 8 heteroatoms. The fourth-order valence-corrected chi connectivity index (χ4v) is 1.36. The van der Waals surface area contributed by atoms with Gasteiger partial charge in [0.15, 0.2) is 0 Å². The fraction of sp³-hybridized carbons (Fsp3) is 0.222. The number of benzene rings is 1. The molecule has 0 radical (unpaired) electrons. The number of ether oxygens (including phenoxy) is 2. The molecule has 1 amide bonds. The molecule has 1 aliphatic rings. The molecule has 0 saturated heterocycles. The van der Waals surface area contributed by atoms with Gasteiger partial charge in [0, 0.05) is 5.69 Å². The highest BCUT2D eigenvalue weighted by atomic mass is 19.3. The molecule has 1 aromatic carbocycles. The predicted molar refractivity (Wildman–Crippen MR) is 46.7 cm³/mol. The van der Waals surface area contributed by atoms with Gasteiger partial charge in [0.1, 0.15) is 5.75 Å². The summed E-state index contributed by atoms with van der Waals surface area (Å²) in [4.78, 5) is 10.1. The lowest BCUT2D eigenvalue weighted by Crippen LogP contribution is -2.41. The molecule has 17 heavy (non-hydrogen) atoms. The number of alkyl halides is 4. The van der Waals surface area contributed by atoms with Crippen molar-refractivity contribution >= 4 is 12.1 Å². The molecule has 2 rings (SSSR count). The molecular formula is C9H5F4NO3. The van der Waals surface area contributed by atoms with Gasteiger partial charge in [0.2, 0.25) is 6.41 Å². The van der Waals surface area contributed by atoms with Crippen LogP contribution in [0.4, 0.5) is 23.2 Å². The molecule has 0 aromatic heterocycles. The molecule has 1 aromatic rings. The quantitative estimate of drug-likeness (QED) is 0.647. The van der Waals surface area contributed by atoms with Crippen molar-refractivity contribution in [2.45, 2.75) is 12.4 Å².